The van der Waals surface area contributed by atoms with Crippen LogP contribution in [-0.4, -0.2) is 25.3 Å². The average Bonchev–Trinajstić information content (AvgIpc) is 2.97. The van der Waals surface area contributed by atoms with Gasteiger partial charge in [0.25, 0.3) is 0 Å². The Morgan fingerprint density at radius 3 is 2.69 bits per heavy atom. The van der Waals surface area contributed by atoms with Crippen LogP contribution in [0.2, 0.25) is 0 Å². The van der Waals surface area contributed by atoms with Crippen LogP contribution in [0.15, 0.2) is 0 Å². The summed E-state index contributed by atoms with van der Waals surface area (Å²) in [6.07, 6.45) is 7.31. The van der Waals surface area contributed by atoms with Gasteiger partial charge in [-0.1, -0.05) is 12.8 Å². The monoisotopic (exact) mass is 183 g/mol. The molecule has 0 aromatic rings. The summed E-state index contributed by atoms with van der Waals surface area (Å²) in [6, 6.07) is 0.814. The minimum absolute atomic E-state index is 0.402. The topological polar surface area (TPSA) is 21.3 Å². The van der Waals surface area contributed by atoms with E-state index in [1.165, 1.54) is 32.1 Å². The molecule has 0 bridgehead atoms. The van der Waals surface area contributed by atoms with Crippen LogP contribution in [0.25, 0.3) is 0 Å². The molecule has 0 amide bonds. The van der Waals surface area contributed by atoms with Crippen molar-refractivity contribution in [1.29, 1.82) is 0 Å². The Morgan fingerprint density at radius 1 is 1.31 bits per heavy atom. The summed E-state index contributed by atoms with van der Waals surface area (Å²) in [6.45, 7) is 4.18. The quantitative estimate of drug-likeness (QED) is 0.651. The van der Waals surface area contributed by atoms with Crippen LogP contribution in [0.4, 0.5) is 0 Å². The summed E-state index contributed by atoms with van der Waals surface area (Å²) in [5, 5.41) is 3.49. The minimum Gasteiger partial charge on any atom is -0.377 e. The van der Waals surface area contributed by atoms with E-state index in [2.05, 4.69) is 12.2 Å². The first-order chi connectivity index (χ1) is 6.34. The molecule has 2 aliphatic carbocycles. The Kier molecular flexibility index (Phi) is 3.23. The molecule has 0 heterocycles. The van der Waals surface area contributed by atoms with Gasteiger partial charge in [-0.05, 0) is 32.1 Å². The fourth-order valence-corrected chi connectivity index (χ4v) is 1.52. The highest BCUT2D eigenvalue weighted by atomic mass is 16.5. The molecule has 0 saturated heterocycles. The van der Waals surface area contributed by atoms with Crippen LogP contribution in [0.5, 0.6) is 0 Å². The summed E-state index contributed by atoms with van der Waals surface area (Å²) in [5.41, 5.74) is 0. The van der Waals surface area contributed by atoms with Gasteiger partial charge in [0, 0.05) is 19.2 Å². The summed E-state index contributed by atoms with van der Waals surface area (Å²) < 4.78 is 5.71. The predicted molar refractivity (Wildman–Crippen MR) is 53.8 cm³/mol. The van der Waals surface area contributed by atoms with Crippen molar-refractivity contribution in [3.05, 3.63) is 0 Å². The van der Waals surface area contributed by atoms with Gasteiger partial charge in [0.1, 0.15) is 0 Å². The van der Waals surface area contributed by atoms with Crippen LogP contribution >= 0.6 is 0 Å². The molecule has 13 heavy (non-hydrogen) atoms. The van der Waals surface area contributed by atoms with Crippen molar-refractivity contribution in [2.24, 2.45) is 5.92 Å². The van der Waals surface area contributed by atoms with Gasteiger partial charge >= 0.3 is 0 Å². The van der Waals surface area contributed by atoms with Crippen LogP contribution in [-0.2, 0) is 4.74 Å². The number of hydrogen-bond acceptors (Lipinski definition) is 2. The van der Waals surface area contributed by atoms with E-state index in [0.29, 0.717) is 6.10 Å². The van der Waals surface area contributed by atoms with Gasteiger partial charge in [0.2, 0.25) is 0 Å². The van der Waals surface area contributed by atoms with Gasteiger partial charge < -0.3 is 10.1 Å². The largest absolute Gasteiger partial charge is 0.377 e. The lowest BCUT2D eigenvalue weighted by molar-refractivity contribution is 0.0615. The molecule has 2 saturated carbocycles. The van der Waals surface area contributed by atoms with Crippen molar-refractivity contribution in [2.75, 3.05) is 13.2 Å². The van der Waals surface area contributed by atoms with Crippen molar-refractivity contribution in [2.45, 2.75) is 51.2 Å². The molecule has 0 radical (unpaired) electrons. The normalized spacial score (nSPS) is 24.7. The molecule has 1 unspecified atom stereocenters. The zero-order valence-electron chi connectivity index (χ0n) is 8.59. The number of nitrogens with one attached hydrogen (secondary N) is 1. The Hall–Kier alpha value is -0.0800. The Balaban J connectivity index is 1.42. The molecular formula is C11H21NO. The van der Waals surface area contributed by atoms with Gasteiger partial charge in [0.05, 0.1) is 6.10 Å². The molecule has 2 heteroatoms. The fourth-order valence-electron chi connectivity index (χ4n) is 1.52. The standard InChI is InChI=1S/C11H21NO/c1-9(8-12-11-4-5-11)13-7-6-10-2-3-10/h9-12H,2-8H2,1H3. The van der Waals surface area contributed by atoms with Crippen LogP contribution in [0, 0.1) is 5.92 Å². The maximum atomic E-state index is 5.71. The summed E-state index contributed by atoms with van der Waals surface area (Å²) in [7, 11) is 0. The third kappa shape index (κ3) is 4.10. The second kappa shape index (κ2) is 4.43. The number of ether oxygens (including phenoxy) is 1. The predicted octanol–water partition coefficient (Wildman–Crippen LogP) is 1.94. The summed E-state index contributed by atoms with van der Waals surface area (Å²) >= 11 is 0. The van der Waals surface area contributed by atoms with E-state index in [1.807, 2.05) is 0 Å². The van der Waals surface area contributed by atoms with E-state index >= 15 is 0 Å². The van der Waals surface area contributed by atoms with Crippen molar-refractivity contribution in [1.82, 2.24) is 5.32 Å². The first-order valence-electron chi connectivity index (χ1n) is 5.69. The van der Waals surface area contributed by atoms with Gasteiger partial charge in [-0.25, -0.2) is 0 Å². The van der Waals surface area contributed by atoms with E-state index in [9.17, 15) is 0 Å². The van der Waals surface area contributed by atoms with Gasteiger partial charge in [-0.2, -0.15) is 0 Å². The highest BCUT2D eigenvalue weighted by Gasteiger charge is 2.22. The Morgan fingerprint density at radius 2 is 2.08 bits per heavy atom. The SMILES string of the molecule is CC(CNC1CC1)OCCC1CC1. The van der Waals surface area contributed by atoms with Gasteiger partial charge in [0.15, 0.2) is 0 Å². The molecule has 76 valence electrons. The van der Waals surface area contributed by atoms with Crippen molar-refractivity contribution in [3.8, 4) is 0 Å². The molecule has 2 nitrogen and oxygen atoms in total. The van der Waals surface area contributed by atoms with Crippen molar-refractivity contribution >= 4 is 0 Å². The minimum atomic E-state index is 0.402. The third-order valence-corrected chi connectivity index (χ3v) is 2.90. The molecule has 0 spiro atoms. The highest BCUT2D eigenvalue weighted by molar-refractivity contribution is 4.81. The Labute approximate surface area is 81.0 Å². The second-order valence-corrected chi connectivity index (χ2v) is 4.60. The number of hydrogen-bond donors (Lipinski definition) is 1. The number of rotatable bonds is 7. The second-order valence-electron chi connectivity index (χ2n) is 4.60. The molecule has 1 N–H and O–H groups in total. The average molecular weight is 183 g/mol. The van der Waals surface area contributed by atoms with E-state index in [1.54, 1.807) is 0 Å². The zero-order valence-corrected chi connectivity index (χ0v) is 8.59. The van der Waals surface area contributed by atoms with Crippen molar-refractivity contribution in [3.63, 3.8) is 0 Å². The summed E-state index contributed by atoms with van der Waals surface area (Å²) in [5.74, 6) is 1.00. The smallest absolute Gasteiger partial charge is 0.0671 e. The molecule has 2 fully saturated rings. The van der Waals surface area contributed by atoms with Crippen molar-refractivity contribution < 1.29 is 4.74 Å². The van der Waals surface area contributed by atoms with Crippen LogP contribution < -0.4 is 5.32 Å². The molecule has 1 atom stereocenters. The molecule has 2 rings (SSSR count). The lowest BCUT2D eigenvalue weighted by atomic mass is 10.3. The van der Waals surface area contributed by atoms with E-state index in [-0.39, 0.29) is 0 Å². The summed E-state index contributed by atoms with van der Waals surface area (Å²) in [4.78, 5) is 0. The first-order valence-corrected chi connectivity index (χ1v) is 5.69. The Bertz CT molecular complexity index is 152. The zero-order chi connectivity index (χ0) is 9.10. The third-order valence-electron chi connectivity index (χ3n) is 2.90. The van der Waals surface area contributed by atoms with E-state index in [0.717, 1.165) is 25.1 Å². The molecule has 2 aliphatic rings. The van der Waals surface area contributed by atoms with E-state index in [4.69, 9.17) is 4.74 Å². The maximum Gasteiger partial charge on any atom is 0.0671 e. The van der Waals surface area contributed by atoms with Gasteiger partial charge in [-0.15, -0.1) is 0 Å². The van der Waals surface area contributed by atoms with Gasteiger partial charge in [-0.3, -0.25) is 0 Å². The lowest BCUT2D eigenvalue weighted by Gasteiger charge is -2.13. The van der Waals surface area contributed by atoms with E-state index < -0.39 is 0 Å². The fraction of sp³-hybridized carbons (Fsp3) is 1.00. The maximum absolute atomic E-state index is 5.71. The first kappa shape index (κ1) is 9.47. The molecule has 0 aromatic heterocycles. The highest BCUT2D eigenvalue weighted by Crippen LogP contribution is 2.32. The lowest BCUT2D eigenvalue weighted by Crippen LogP contribution is -2.28. The molecular weight excluding hydrogens is 162 g/mol. The molecule has 0 aliphatic heterocycles. The van der Waals surface area contributed by atoms with Crippen LogP contribution in [0.1, 0.15) is 39.0 Å². The molecule has 0 aromatic carbocycles. The van der Waals surface area contributed by atoms with Crippen LogP contribution in [0.3, 0.4) is 0 Å².